The van der Waals surface area contributed by atoms with Crippen molar-refractivity contribution in [1.29, 1.82) is 0 Å². The zero-order chi connectivity index (χ0) is 20.1. The van der Waals surface area contributed by atoms with Gasteiger partial charge in [-0.05, 0) is 59.8 Å². The Kier molecular flexibility index (Phi) is 6.23. The summed E-state index contributed by atoms with van der Waals surface area (Å²) < 4.78 is 7.08. The average molecular weight is 403 g/mol. The maximum atomic E-state index is 5.86. The molecular formula is C25H26N2OS. The van der Waals surface area contributed by atoms with Crippen molar-refractivity contribution in [3.8, 4) is 5.75 Å². The fourth-order valence-corrected chi connectivity index (χ4v) is 4.28. The van der Waals surface area contributed by atoms with Crippen LogP contribution in [0.4, 0.5) is 0 Å². The first-order valence-electron chi connectivity index (χ1n) is 10.2. The number of ether oxygens (including phenoxy) is 1. The number of fused-ring (bicyclic) bond motifs is 2. The lowest BCUT2D eigenvalue weighted by molar-refractivity contribution is 0.223. The van der Waals surface area contributed by atoms with E-state index in [1.165, 1.54) is 15.5 Å². The molecule has 4 aromatic rings. The van der Waals surface area contributed by atoms with Crippen molar-refractivity contribution in [2.75, 3.05) is 26.2 Å². The summed E-state index contributed by atoms with van der Waals surface area (Å²) in [6.07, 6.45) is 4.20. The number of likely N-dealkylation sites (N-methyl/N-ethyl adjacent to an activating group) is 1. The van der Waals surface area contributed by atoms with Crippen LogP contribution in [0.15, 0.2) is 60.7 Å². The number of aromatic nitrogens is 1. The van der Waals surface area contributed by atoms with Gasteiger partial charge in [-0.25, -0.2) is 4.98 Å². The maximum absolute atomic E-state index is 5.86. The predicted molar refractivity (Wildman–Crippen MR) is 126 cm³/mol. The number of benzene rings is 3. The number of nitrogens with zero attached hydrogens (tertiary/aromatic N) is 2. The standard InChI is InChI=1S/C25H26N2OS/c1-3-27(4-2)15-16-28-22-12-9-19(10-13-22)11-14-25-26-23-17-20-7-5-6-8-21(20)18-24(23)29-25/h5-14,17-18H,3-4,15-16H2,1-2H3/b14-11+. The minimum absolute atomic E-state index is 0.719. The second-order valence-corrected chi connectivity index (χ2v) is 8.06. The summed E-state index contributed by atoms with van der Waals surface area (Å²) in [5.74, 6) is 0.918. The van der Waals surface area contributed by atoms with Gasteiger partial charge in [-0.1, -0.05) is 56.3 Å². The summed E-state index contributed by atoms with van der Waals surface area (Å²) in [4.78, 5) is 7.13. The number of hydrogen-bond acceptors (Lipinski definition) is 4. The summed E-state index contributed by atoms with van der Waals surface area (Å²) in [5.41, 5.74) is 2.20. The van der Waals surface area contributed by atoms with Crippen LogP contribution < -0.4 is 4.74 Å². The van der Waals surface area contributed by atoms with Crippen molar-refractivity contribution in [3.05, 3.63) is 71.2 Å². The highest BCUT2D eigenvalue weighted by atomic mass is 32.1. The van der Waals surface area contributed by atoms with Crippen molar-refractivity contribution >= 4 is 44.5 Å². The van der Waals surface area contributed by atoms with Gasteiger partial charge in [0.25, 0.3) is 0 Å². The molecule has 4 rings (SSSR count). The minimum Gasteiger partial charge on any atom is -0.492 e. The molecule has 1 heterocycles. The lowest BCUT2D eigenvalue weighted by atomic mass is 10.1. The first-order chi connectivity index (χ1) is 14.2. The summed E-state index contributed by atoms with van der Waals surface area (Å²) in [7, 11) is 0. The van der Waals surface area contributed by atoms with Crippen LogP contribution in [-0.4, -0.2) is 36.1 Å². The Morgan fingerprint density at radius 3 is 2.38 bits per heavy atom. The molecule has 29 heavy (non-hydrogen) atoms. The van der Waals surface area contributed by atoms with Gasteiger partial charge in [0.15, 0.2) is 0 Å². The van der Waals surface area contributed by atoms with Gasteiger partial charge in [0.2, 0.25) is 0 Å². The molecule has 0 N–H and O–H groups in total. The van der Waals surface area contributed by atoms with E-state index in [-0.39, 0.29) is 0 Å². The SMILES string of the molecule is CCN(CC)CCOc1ccc(/C=C/c2nc3cc4ccccc4cc3s2)cc1. The third-order valence-electron chi connectivity index (χ3n) is 5.14. The van der Waals surface area contributed by atoms with E-state index in [1.54, 1.807) is 11.3 Å². The van der Waals surface area contributed by atoms with Crippen molar-refractivity contribution in [3.63, 3.8) is 0 Å². The van der Waals surface area contributed by atoms with Crippen LogP contribution >= 0.6 is 11.3 Å². The van der Waals surface area contributed by atoms with E-state index in [9.17, 15) is 0 Å². The fraction of sp³-hybridized carbons (Fsp3) is 0.240. The molecule has 0 bridgehead atoms. The molecule has 3 aromatic carbocycles. The van der Waals surface area contributed by atoms with E-state index in [1.807, 2.05) is 12.1 Å². The maximum Gasteiger partial charge on any atom is 0.119 e. The van der Waals surface area contributed by atoms with Crippen LogP contribution in [0.1, 0.15) is 24.4 Å². The van der Waals surface area contributed by atoms with Crippen LogP contribution in [0.5, 0.6) is 5.75 Å². The largest absolute Gasteiger partial charge is 0.492 e. The van der Waals surface area contributed by atoms with Crippen LogP contribution in [-0.2, 0) is 0 Å². The van der Waals surface area contributed by atoms with Crippen molar-refractivity contribution in [2.24, 2.45) is 0 Å². The van der Waals surface area contributed by atoms with Gasteiger partial charge in [-0.2, -0.15) is 0 Å². The molecule has 0 aliphatic rings. The van der Waals surface area contributed by atoms with Gasteiger partial charge >= 0.3 is 0 Å². The first kappa shape index (κ1) is 19.6. The molecule has 0 saturated heterocycles. The van der Waals surface area contributed by atoms with E-state index in [2.05, 4.69) is 79.4 Å². The lowest BCUT2D eigenvalue weighted by Crippen LogP contribution is -2.27. The van der Waals surface area contributed by atoms with Crippen molar-refractivity contribution < 1.29 is 4.74 Å². The van der Waals surface area contributed by atoms with E-state index in [4.69, 9.17) is 9.72 Å². The Bertz CT molecular complexity index is 1060. The Labute approximate surface area is 176 Å². The zero-order valence-electron chi connectivity index (χ0n) is 17.0. The average Bonchev–Trinajstić information content (AvgIpc) is 3.16. The molecule has 0 unspecified atom stereocenters. The van der Waals surface area contributed by atoms with E-state index in [0.29, 0.717) is 0 Å². The van der Waals surface area contributed by atoms with Gasteiger partial charge in [0, 0.05) is 6.54 Å². The quantitative estimate of drug-likeness (QED) is 0.344. The Morgan fingerprint density at radius 1 is 0.931 bits per heavy atom. The van der Waals surface area contributed by atoms with Crippen LogP contribution in [0.3, 0.4) is 0 Å². The molecule has 0 aliphatic heterocycles. The molecule has 0 amide bonds. The third-order valence-corrected chi connectivity index (χ3v) is 6.12. The molecule has 148 valence electrons. The number of hydrogen-bond donors (Lipinski definition) is 0. The van der Waals surface area contributed by atoms with E-state index in [0.717, 1.165) is 48.1 Å². The normalized spacial score (nSPS) is 11.8. The second kappa shape index (κ2) is 9.21. The van der Waals surface area contributed by atoms with Crippen LogP contribution in [0.25, 0.3) is 33.1 Å². The Morgan fingerprint density at radius 2 is 1.66 bits per heavy atom. The number of thiazole rings is 1. The molecule has 3 nitrogen and oxygen atoms in total. The van der Waals surface area contributed by atoms with Gasteiger partial charge in [-0.3, -0.25) is 0 Å². The smallest absolute Gasteiger partial charge is 0.119 e. The van der Waals surface area contributed by atoms with Crippen LogP contribution in [0.2, 0.25) is 0 Å². The Balaban J connectivity index is 1.41. The second-order valence-electron chi connectivity index (χ2n) is 7.00. The summed E-state index contributed by atoms with van der Waals surface area (Å²) >= 11 is 1.73. The van der Waals surface area contributed by atoms with Gasteiger partial charge < -0.3 is 9.64 Å². The fourth-order valence-electron chi connectivity index (χ4n) is 3.38. The molecular weight excluding hydrogens is 376 g/mol. The molecule has 0 fully saturated rings. The molecule has 1 aromatic heterocycles. The van der Waals surface area contributed by atoms with E-state index >= 15 is 0 Å². The topological polar surface area (TPSA) is 25.4 Å². The van der Waals surface area contributed by atoms with Crippen LogP contribution in [0, 0.1) is 0 Å². The molecule has 0 saturated carbocycles. The summed E-state index contributed by atoms with van der Waals surface area (Å²) in [6.45, 7) is 8.16. The van der Waals surface area contributed by atoms with Gasteiger partial charge in [0.05, 0.1) is 10.2 Å². The lowest BCUT2D eigenvalue weighted by Gasteiger charge is -2.17. The van der Waals surface area contributed by atoms with Gasteiger partial charge in [0.1, 0.15) is 17.4 Å². The summed E-state index contributed by atoms with van der Waals surface area (Å²) in [6, 6.07) is 21.1. The molecule has 4 heteroatoms. The molecule has 0 radical (unpaired) electrons. The highest BCUT2D eigenvalue weighted by Gasteiger charge is 2.04. The highest BCUT2D eigenvalue weighted by molar-refractivity contribution is 7.19. The summed E-state index contributed by atoms with van der Waals surface area (Å²) in [5, 5.41) is 3.52. The number of rotatable bonds is 8. The first-order valence-corrected chi connectivity index (χ1v) is 11.0. The monoisotopic (exact) mass is 402 g/mol. The predicted octanol–water partition coefficient (Wildman–Crippen LogP) is 6.34. The Hall–Kier alpha value is -2.69. The molecule has 0 atom stereocenters. The zero-order valence-corrected chi connectivity index (χ0v) is 17.8. The van der Waals surface area contributed by atoms with E-state index < -0.39 is 0 Å². The van der Waals surface area contributed by atoms with Crippen molar-refractivity contribution in [1.82, 2.24) is 9.88 Å². The highest BCUT2D eigenvalue weighted by Crippen LogP contribution is 2.28. The molecule has 0 spiro atoms. The minimum atomic E-state index is 0.719. The van der Waals surface area contributed by atoms with Crippen molar-refractivity contribution in [2.45, 2.75) is 13.8 Å². The molecule has 0 aliphatic carbocycles. The van der Waals surface area contributed by atoms with Gasteiger partial charge in [-0.15, -0.1) is 11.3 Å². The third kappa shape index (κ3) is 4.84.